The SMILES string of the molecule is Cc1nc(F)c(C(F)F)cc1N. The third kappa shape index (κ3) is 1.49. The van der Waals surface area contributed by atoms with E-state index in [1.165, 1.54) is 6.92 Å². The minimum atomic E-state index is -2.87. The summed E-state index contributed by atoms with van der Waals surface area (Å²) in [4.78, 5) is 3.22. The Morgan fingerprint density at radius 2 is 2.08 bits per heavy atom. The number of alkyl halides is 2. The van der Waals surface area contributed by atoms with E-state index in [0.29, 0.717) is 0 Å². The number of nitrogens with two attached hydrogens (primary N) is 1. The number of aryl methyl sites for hydroxylation is 1. The molecule has 0 unspecified atom stereocenters. The number of nitrogen functional groups attached to an aromatic ring is 1. The van der Waals surface area contributed by atoms with Gasteiger partial charge in [0, 0.05) is 0 Å². The summed E-state index contributed by atoms with van der Waals surface area (Å²) < 4.78 is 36.6. The van der Waals surface area contributed by atoms with Gasteiger partial charge in [-0.1, -0.05) is 0 Å². The lowest BCUT2D eigenvalue weighted by molar-refractivity contribution is 0.145. The molecule has 0 radical (unpaired) electrons. The van der Waals surface area contributed by atoms with Gasteiger partial charge in [0.05, 0.1) is 16.9 Å². The Bertz CT molecular complexity index is 299. The van der Waals surface area contributed by atoms with E-state index < -0.39 is 17.9 Å². The number of hydrogen-bond donors (Lipinski definition) is 1. The first-order chi connectivity index (χ1) is 5.52. The van der Waals surface area contributed by atoms with Crippen LogP contribution in [0.5, 0.6) is 0 Å². The quantitative estimate of drug-likeness (QED) is 0.665. The number of halogens is 3. The average Bonchev–Trinajstić information content (AvgIpc) is 1.96. The van der Waals surface area contributed by atoms with Gasteiger partial charge in [-0.05, 0) is 13.0 Å². The Labute approximate surface area is 67.2 Å². The Kier molecular flexibility index (Phi) is 2.21. The van der Waals surface area contributed by atoms with Crippen LogP contribution in [0.1, 0.15) is 17.7 Å². The van der Waals surface area contributed by atoms with Gasteiger partial charge in [-0.3, -0.25) is 0 Å². The van der Waals surface area contributed by atoms with E-state index in [4.69, 9.17) is 5.73 Å². The smallest absolute Gasteiger partial charge is 0.268 e. The van der Waals surface area contributed by atoms with Crippen LogP contribution in [0.25, 0.3) is 0 Å². The van der Waals surface area contributed by atoms with Crippen LogP contribution in [-0.2, 0) is 0 Å². The molecule has 2 nitrogen and oxygen atoms in total. The highest BCUT2D eigenvalue weighted by Gasteiger charge is 2.15. The van der Waals surface area contributed by atoms with E-state index in [2.05, 4.69) is 4.98 Å². The molecule has 0 saturated carbocycles. The molecule has 1 rings (SSSR count). The van der Waals surface area contributed by atoms with Crippen molar-refractivity contribution >= 4 is 5.69 Å². The minimum absolute atomic E-state index is 0.0756. The van der Waals surface area contributed by atoms with Crippen molar-refractivity contribution in [3.63, 3.8) is 0 Å². The van der Waals surface area contributed by atoms with Crippen LogP contribution in [0.15, 0.2) is 6.07 Å². The van der Waals surface area contributed by atoms with Crippen LogP contribution in [0.3, 0.4) is 0 Å². The zero-order valence-corrected chi connectivity index (χ0v) is 6.31. The number of anilines is 1. The van der Waals surface area contributed by atoms with Crippen LogP contribution in [0, 0.1) is 12.9 Å². The average molecular weight is 176 g/mol. The standard InChI is InChI=1S/C7H7F3N2/c1-3-5(11)2-4(6(8)9)7(10)12-3/h2,6H,11H2,1H3. The van der Waals surface area contributed by atoms with Crippen LogP contribution in [0.2, 0.25) is 0 Å². The summed E-state index contributed by atoms with van der Waals surface area (Å²) in [6, 6.07) is 0.905. The maximum Gasteiger partial charge on any atom is 0.268 e. The Balaban J connectivity index is 3.23. The first-order valence-corrected chi connectivity index (χ1v) is 3.23. The van der Waals surface area contributed by atoms with E-state index in [9.17, 15) is 13.2 Å². The maximum absolute atomic E-state index is 12.6. The van der Waals surface area contributed by atoms with Crippen molar-refractivity contribution in [1.29, 1.82) is 0 Å². The summed E-state index contributed by atoms with van der Waals surface area (Å²) in [6.45, 7) is 1.45. The monoisotopic (exact) mass is 176 g/mol. The van der Waals surface area contributed by atoms with Crippen LogP contribution >= 0.6 is 0 Å². The molecule has 1 aromatic rings. The van der Waals surface area contributed by atoms with Crippen LogP contribution in [-0.4, -0.2) is 4.98 Å². The maximum atomic E-state index is 12.6. The summed E-state index contributed by atoms with van der Waals surface area (Å²) in [6.07, 6.45) is -2.87. The molecule has 0 amide bonds. The predicted molar refractivity (Wildman–Crippen MR) is 38.3 cm³/mol. The summed E-state index contributed by atoms with van der Waals surface area (Å²) in [7, 11) is 0. The molecule has 0 atom stereocenters. The molecule has 0 saturated heterocycles. The van der Waals surface area contributed by atoms with Crippen molar-refractivity contribution in [3.05, 3.63) is 23.3 Å². The second kappa shape index (κ2) is 3.00. The van der Waals surface area contributed by atoms with Gasteiger partial charge in [0.25, 0.3) is 6.43 Å². The van der Waals surface area contributed by atoms with Gasteiger partial charge in [0.2, 0.25) is 5.95 Å². The molecule has 0 aliphatic heterocycles. The highest BCUT2D eigenvalue weighted by molar-refractivity contribution is 5.44. The molecule has 1 aromatic heterocycles. The highest BCUT2D eigenvalue weighted by Crippen LogP contribution is 2.23. The molecule has 12 heavy (non-hydrogen) atoms. The molecule has 1 heterocycles. The first-order valence-electron chi connectivity index (χ1n) is 3.23. The molecular weight excluding hydrogens is 169 g/mol. The van der Waals surface area contributed by atoms with Crippen molar-refractivity contribution in [2.45, 2.75) is 13.3 Å². The molecular formula is C7H7F3N2. The highest BCUT2D eigenvalue weighted by atomic mass is 19.3. The minimum Gasteiger partial charge on any atom is -0.397 e. The molecule has 0 spiro atoms. The van der Waals surface area contributed by atoms with Crippen molar-refractivity contribution in [2.24, 2.45) is 0 Å². The summed E-state index contributed by atoms with van der Waals surface area (Å²) in [5.41, 5.74) is 4.81. The lowest BCUT2D eigenvalue weighted by Crippen LogP contribution is -2.01. The third-order valence-corrected chi connectivity index (χ3v) is 1.47. The van der Waals surface area contributed by atoms with E-state index in [1.54, 1.807) is 0 Å². The predicted octanol–water partition coefficient (Wildman–Crippen LogP) is 2.05. The summed E-state index contributed by atoms with van der Waals surface area (Å²) in [5, 5.41) is 0. The molecule has 0 fully saturated rings. The Morgan fingerprint density at radius 3 is 2.58 bits per heavy atom. The van der Waals surface area contributed by atoms with Crippen LogP contribution < -0.4 is 5.73 Å². The summed E-state index contributed by atoms with van der Waals surface area (Å²) in [5.74, 6) is -1.16. The van der Waals surface area contributed by atoms with Gasteiger partial charge >= 0.3 is 0 Å². The van der Waals surface area contributed by atoms with Gasteiger partial charge in [0.15, 0.2) is 0 Å². The fourth-order valence-corrected chi connectivity index (χ4v) is 0.761. The van der Waals surface area contributed by atoms with E-state index >= 15 is 0 Å². The zero-order chi connectivity index (χ0) is 9.30. The lowest BCUT2D eigenvalue weighted by Gasteiger charge is -2.04. The Morgan fingerprint density at radius 1 is 1.50 bits per heavy atom. The van der Waals surface area contributed by atoms with Crippen molar-refractivity contribution in [1.82, 2.24) is 4.98 Å². The molecule has 0 aromatic carbocycles. The topological polar surface area (TPSA) is 38.9 Å². The van der Waals surface area contributed by atoms with E-state index in [0.717, 1.165) is 6.07 Å². The lowest BCUT2D eigenvalue weighted by atomic mass is 10.2. The molecule has 0 bridgehead atoms. The van der Waals surface area contributed by atoms with Gasteiger partial charge < -0.3 is 5.73 Å². The number of nitrogens with zero attached hydrogens (tertiary/aromatic N) is 1. The van der Waals surface area contributed by atoms with Gasteiger partial charge in [-0.25, -0.2) is 13.8 Å². The van der Waals surface area contributed by atoms with Gasteiger partial charge in [-0.2, -0.15) is 4.39 Å². The Hall–Kier alpha value is -1.26. The fraction of sp³-hybridized carbons (Fsp3) is 0.286. The zero-order valence-electron chi connectivity index (χ0n) is 6.31. The van der Waals surface area contributed by atoms with E-state index in [-0.39, 0.29) is 11.4 Å². The second-order valence-electron chi connectivity index (χ2n) is 2.34. The number of aromatic nitrogens is 1. The van der Waals surface area contributed by atoms with Gasteiger partial charge in [-0.15, -0.1) is 0 Å². The molecule has 0 aliphatic carbocycles. The van der Waals surface area contributed by atoms with E-state index in [1.807, 2.05) is 0 Å². The second-order valence-corrected chi connectivity index (χ2v) is 2.34. The normalized spacial score (nSPS) is 10.8. The molecule has 66 valence electrons. The number of pyridine rings is 1. The van der Waals surface area contributed by atoms with Crippen LogP contribution in [0.4, 0.5) is 18.9 Å². The first kappa shape index (κ1) is 8.83. The molecule has 0 aliphatic rings. The molecule has 2 N–H and O–H groups in total. The van der Waals surface area contributed by atoms with Crippen molar-refractivity contribution in [2.75, 3.05) is 5.73 Å². The number of rotatable bonds is 1. The largest absolute Gasteiger partial charge is 0.397 e. The van der Waals surface area contributed by atoms with Crippen molar-refractivity contribution < 1.29 is 13.2 Å². The summed E-state index contributed by atoms with van der Waals surface area (Å²) >= 11 is 0. The third-order valence-electron chi connectivity index (χ3n) is 1.47. The number of hydrogen-bond acceptors (Lipinski definition) is 2. The fourth-order valence-electron chi connectivity index (χ4n) is 0.761. The molecule has 5 heteroatoms. The van der Waals surface area contributed by atoms with Gasteiger partial charge in [0.1, 0.15) is 0 Å². The van der Waals surface area contributed by atoms with Crippen molar-refractivity contribution in [3.8, 4) is 0 Å².